The Morgan fingerprint density at radius 3 is 2.59 bits per heavy atom. The van der Waals surface area contributed by atoms with Crippen LogP contribution < -0.4 is 0 Å². The Morgan fingerprint density at radius 1 is 1.24 bits per heavy atom. The van der Waals surface area contributed by atoms with Crippen molar-refractivity contribution >= 4 is 0 Å². The van der Waals surface area contributed by atoms with Crippen molar-refractivity contribution in [3.05, 3.63) is 72.0 Å². The molecule has 1 nitrogen and oxygen atoms in total. The molecule has 1 heteroatoms. The van der Waals surface area contributed by atoms with Gasteiger partial charge in [-0.15, -0.1) is 0 Å². The van der Waals surface area contributed by atoms with Crippen molar-refractivity contribution in [3.8, 4) is 0 Å². The van der Waals surface area contributed by atoms with Gasteiger partial charge >= 0.3 is 0 Å². The van der Waals surface area contributed by atoms with E-state index in [1.165, 1.54) is 5.56 Å². The SMILES string of the molecule is C=C/C=C(C)\C=C(/C)OCCc1ccccc1. The minimum atomic E-state index is 0.716. The highest BCUT2D eigenvalue weighted by molar-refractivity contribution is 5.22. The summed E-state index contributed by atoms with van der Waals surface area (Å²) in [6.45, 7) is 8.39. The highest BCUT2D eigenvalue weighted by atomic mass is 16.5. The average molecular weight is 228 g/mol. The molecule has 0 aromatic heterocycles. The van der Waals surface area contributed by atoms with Gasteiger partial charge in [-0.3, -0.25) is 0 Å². The third-order valence-corrected chi connectivity index (χ3v) is 2.37. The molecule has 90 valence electrons. The maximum Gasteiger partial charge on any atom is 0.0931 e. The van der Waals surface area contributed by atoms with E-state index in [-0.39, 0.29) is 0 Å². The number of hydrogen-bond donors (Lipinski definition) is 0. The summed E-state index contributed by atoms with van der Waals surface area (Å²) in [5.41, 5.74) is 2.45. The van der Waals surface area contributed by atoms with Gasteiger partial charge in [-0.1, -0.05) is 49.1 Å². The predicted octanol–water partition coefficient (Wildman–Crippen LogP) is 4.28. The van der Waals surface area contributed by atoms with Gasteiger partial charge in [-0.05, 0) is 31.1 Å². The predicted molar refractivity (Wildman–Crippen MR) is 73.8 cm³/mol. The fourth-order valence-corrected chi connectivity index (χ4v) is 1.57. The van der Waals surface area contributed by atoms with E-state index < -0.39 is 0 Å². The van der Waals surface area contributed by atoms with E-state index in [0.717, 1.165) is 17.8 Å². The number of rotatable bonds is 6. The molecule has 17 heavy (non-hydrogen) atoms. The van der Waals surface area contributed by atoms with Crippen LogP contribution in [0.25, 0.3) is 0 Å². The minimum Gasteiger partial charge on any atom is -0.498 e. The van der Waals surface area contributed by atoms with Crippen molar-refractivity contribution in [2.75, 3.05) is 6.61 Å². The van der Waals surface area contributed by atoms with E-state index >= 15 is 0 Å². The van der Waals surface area contributed by atoms with Crippen LogP contribution in [-0.2, 0) is 11.2 Å². The van der Waals surface area contributed by atoms with E-state index in [1.54, 1.807) is 6.08 Å². The topological polar surface area (TPSA) is 9.23 Å². The first kappa shape index (κ1) is 13.3. The van der Waals surface area contributed by atoms with Crippen LogP contribution in [0.3, 0.4) is 0 Å². The number of hydrogen-bond acceptors (Lipinski definition) is 1. The summed E-state index contributed by atoms with van der Waals surface area (Å²) in [5, 5.41) is 0. The van der Waals surface area contributed by atoms with E-state index in [0.29, 0.717) is 6.61 Å². The molecule has 0 atom stereocenters. The Balaban J connectivity index is 2.36. The van der Waals surface area contributed by atoms with Gasteiger partial charge in [0.05, 0.1) is 12.4 Å². The normalized spacial score (nSPS) is 12.4. The quantitative estimate of drug-likeness (QED) is 0.521. The average Bonchev–Trinajstić information content (AvgIpc) is 2.30. The Kier molecular flexibility index (Phi) is 5.87. The van der Waals surface area contributed by atoms with Gasteiger partial charge in [0.25, 0.3) is 0 Å². The van der Waals surface area contributed by atoms with Crippen LogP contribution in [0.2, 0.25) is 0 Å². The summed E-state index contributed by atoms with van der Waals surface area (Å²) in [6, 6.07) is 10.4. The molecule has 0 fully saturated rings. The Morgan fingerprint density at radius 2 is 1.94 bits per heavy atom. The second-order valence-corrected chi connectivity index (χ2v) is 3.99. The fraction of sp³-hybridized carbons (Fsp3) is 0.250. The van der Waals surface area contributed by atoms with Gasteiger partial charge in [-0.2, -0.15) is 0 Å². The molecule has 1 rings (SSSR count). The molecule has 0 aliphatic heterocycles. The molecule has 0 radical (unpaired) electrons. The lowest BCUT2D eigenvalue weighted by Crippen LogP contribution is -1.97. The van der Waals surface area contributed by atoms with Gasteiger partial charge in [-0.25, -0.2) is 0 Å². The number of benzene rings is 1. The highest BCUT2D eigenvalue weighted by Crippen LogP contribution is 2.05. The van der Waals surface area contributed by atoms with Crippen LogP contribution in [0.1, 0.15) is 19.4 Å². The standard InChI is InChI=1S/C16H20O/c1-4-8-14(2)13-15(3)17-12-11-16-9-6-5-7-10-16/h4-10,13H,1,11-12H2,2-3H3/b14-8-,15-13+. The fourth-order valence-electron chi connectivity index (χ4n) is 1.57. The van der Waals surface area contributed by atoms with Gasteiger partial charge < -0.3 is 4.74 Å². The summed E-state index contributed by atoms with van der Waals surface area (Å²) in [6.07, 6.45) is 6.70. The Labute approximate surface area is 104 Å². The molecule has 0 bridgehead atoms. The first-order valence-corrected chi connectivity index (χ1v) is 5.86. The largest absolute Gasteiger partial charge is 0.498 e. The molecule has 0 aliphatic carbocycles. The molecule has 0 aliphatic rings. The maximum absolute atomic E-state index is 5.65. The lowest BCUT2D eigenvalue weighted by atomic mass is 10.2. The third kappa shape index (κ3) is 5.76. The molecule has 0 amide bonds. The zero-order valence-corrected chi connectivity index (χ0v) is 10.6. The van der Waals surface area contributed by atoms with Gasteiger partial charge in [0.2, 0.25) is 0 Å². The lowest BCUT2D eigenvalue weighted by Gasteiger charge is -2.06. The molecule has 0 saturated heterocycles. The molecule has 1 aromatic carbocycles. The third-order valence-electron chi connectivity index (χ3n) is 2.37. The zero-order valence-electron chi connectivity index (χ0n) is 10.6. The molecule has 0 saturated carbocycles. The first-order chi connectivity index (χ1) is 8.22. The molecule has 0 heterocycles. The zero-order chi connectivity index (χ0) is 12.5. The lowest BCUT2D eigenvalue weighted by molar-refractivity contribution is 0.217. The van der Waals surface area contributed by atoms with Gasteiger partial charge in [0.15, 0.2) is 0 Å². The van der Waals surface area contributed by atoms with E-state index in [1.807, 2.05) is 32.1 Å². The van der Waals surface area contributed by atoms with E-state index in [4.69, 9.17) is 4.74 Å². The summed E-state index contributed by atoms with van der Waals surface area (Å²) in [5.74, 6) is 0.941. The van der Waals surface area contributed by atoms with Crippen molar-refractivity contribution in [3.63, 3.8) is 0 Å². The van der Waals surface area contributed by atoms with Crippen LogP contribution in [0, 0.1) is 0 Å². The summed E-state index contributed by atoms with van der Waals surface area (Å²) < 4.78 is 5.65. The van der Waals surface area contributed by atoms with Gasteiger partial charge in [0, 0.05) is 6.42 Å². The van der Waals surface area contributed by atoms with Crippen molar-refractivity contribution in [2.45, 2.75) is 20.3 Å². The monoisotopic (exact) mass is 228 g/mol. The highest BCUT2D eigenvalue weighted by Gasteiger charge is 1.94. The van der Waals surface area contributed by atoms with Crippen LogP contribution in [0.5, 0.6) is 0 Å². The Hall–Kier alpha value is -1.76. The van der Waals surface area contributed by atoms with Crippen molar-refractivity contribution in [1.29, 1.82) is 0 Å². The Bertz CT molecular complexity index is 399. The second kappa shape index (κ2) is 7.50. The van der Waals surface area contributed by atoms with Crippen LogP contribution >= 0.6 is 0 Å². The van der Waals surface area contributed by atoms with Crippen molar-refractivity contribution in [1.82, 2.24) is 0 Å². The van der Waals surface area contributed by atoms with E-state index in [9.17, 15) is 0 Å². The van der Waals surface area contributed by atoms with Crippen LogP contribution in [-0.4, -0.2) is 6.61 Å². The molecular weight excluding hydrogens is 208 g/mol. The summed E-state index contributed by atoms with van der Waals surface area (Å²) in [7, 11) is 0. The minimum absolute atomic E-state index is 0.716. The molecule has 1 aromatic rings. The first-order valence-electron chi connectivity index (χ1n) is 5.86. The van der Waals surface area contributed by atoms with E-state index in [2.05, 4.69) is 30.8 Å². The van der Waals surface area contributed by atoms with Gasteiger partial charge in [0.1, 0.15) is 0 Å². The smallest absolute Gasteiger partial charge is 0.0931 e. The molecule has 0 unspecified atom stereocenters. The van der Waals surface area contributed by atoms with Crippen molar-refractivity contribution in [2.24, 2.45) is 0 Å². The summed E-state index contributed by atoms with van der Waals surface area (Å²) in [4.78, 5) is 0. The number of allylic oxidation sites excluding steroid dienone is 5. The van der Waals surface area contributed by atoms with Crippen LogP contribution in [0.15, 0.2) is 66.5 Å². The van der Waals surface area contributed by atoms with Crippen molar-refractivity contribution < 1.29 is 4.74 Å². The number of ether oxygens (including phenoxy) is 1. The maximum atomic E-state index is 5.65. The summed E-state index contributed by atoms with van der Waals surface area (Å²) >= 11 is 0. The van der Waals surface area contributed by atoms with Crippen LogP contribution in [0.4, 0.5) is 0 Å². The molecular formula is C16H20O. The molecule has 0 N–H and O–H groups in total. The molecule has 0 spiro atoms. The second-order valence-electron chi connectivity index (χ2n) is 3.99.